The lowest BCUT2D eigenvalue weighted by Crippen LogP contribution is -2.20. The maximum Gasteiger partial charge on any atom is 0.323 e. The van der Waals surface area contributed by atoms with Crippen LogP contribution in [-0.4, -0.2) is 83.9 Å². The first-order valence-corrected chi connectivity index (χ1v) is 46.3. The van der Waals surface area contributed by atoms with Gasteiger partial charge in [-0.2, -0.15) is 0 Å². The molecule has 8 aromatic heterocycles. The van der Waals surface area contributed by atoms with Crippen LogP contribution in [0.3, 0.4) is 0 Å². The molecule has 0 fully saturated rings. The molecule has 0 atom stereocenters. The van der Waals surface area contributed by atoms with E-state index in [1.807, 2.05) is 66.7 Å². The predicted molar refractivity (Wildman–Crippen MR) is 543 cm³/mol. The lowest BCUT2D eigenvalue weighted by atomic mass is 9.98. The van der Waals surface area contributed by atoms with Crippen molar-refractivity contribution in [3.8, 4) is 87.3 Å². The van der Waals surface area contributed by atoms with Crippen LogP contribution in [0.15, 0.2) is 207 Å². The molecule has 0 unspecified atom stereocenters. The summed E-state index contributed by atoms with van der Waals surface area (Å²) < 4.78 is 85.5. The molecule has 0 aliphatic heterocycles. The van der Waals surface area contributed by atoms with Crippen LogP contribution in [0.5, 0.6) is 0 Å². The molecule has 708 valence electrons. The average molecular weight is 2000 g/mol. The van der Waals surface area contributed by atoms with E-state index < -0.39 is 59.0 Å². The van der Waals surface area contributed by atoms with Crippen molar-refractivity contribution in [3.63, 3.8) is 0 Å². The Balaban J connectivity index is 0.000000155. The van der Waals surface area contributed by atoms with Gasteiger partial charge in [-0.1, -0.05) is 154 Å². The summed E-state index contributed by atoms with van der Waals surface area (Å²) >= 11 is 23.5. The highest BCUT2D eigenvalue weighted by Crippen LogP contribution is 2.47. The van der Waals surface area contributed by atoms with Crippen LogP contribution in [0, 0.1) is 41.8 Å². The first-order valence-electron chi connectivity index (χ1n) is 41.9. The number of rotatable bonds is 16. The normalized spacial score (nSPS) is 11.3. The van der Waals surface area contributed by atoms with E-state index in [0.717, 1.165) is 51.2 Å². The molecular weight excluding hydrogens is 1910 g/mol. The third kappa shape index (κ3) is 26.1. The monoisotopic (exact) mass is 2000 g/mol. The van der Waals surface area contributed by atoms with E-state index in [-0.39, 0.29) is 83.9 Å². The fourth-order valence-electron chi connectivity index (χ4n) is 12.7. The van der Waals surface area contributed by atoms with Crippen LogP contribution < -0.4 is 65.5 Å². The Hall–Kier alpha value is -14.7. The van der Waals surface area contributed by atoms with E-state index in [0.29, 0.717) is 89.9 Å². The van der Waals surface area contributed by atoms with E-state index in [2.05, 4.69) is 124 Å². The Morgan fingerprint density at radius 2 is 0.594 bits per heavy atom. The first-order chi connectivity index (χ1) is 65.2. The second kappa shape index (κ2) is 42.7. The number of carbonyl (C=O) groups excluding carboxylic acids is 4. The number of carbonyl (C=O) groups is 4. The van der Waals surface area contributed by atoms with Crippen molar-refractivity contribution in [2.75, 3.05) is 65.5 Å². The largest absolute Gasteiger partial charge is 0.368 e. The number of nitrogens with two attached hydrogens (primary N) is 4. The Morgan fingerprint density at radius 1 is 0.297 bits per heavy atom. The maximum atomic E-state index is 14.6. The number of urea groups is 4. The molecule has 0 radical (unpaired) electrons. The summed E-state index contributed by atoms with van der Waals surface area (Å²) in [6.07, 6.45) is 6.22. The maximum absolute atomic E-state index is 14.6. The number of thiazole rings is 4. The molecule has 0 aliphatic rings. The van der Waals surface area contributed by atoms with Gasteiger partial charge in [0.1, 0.15) is 57.7 Å². The molecule has 0 spiro atoms. The summed E-state index contributed by atoms with van der Waals surface area (Å²) in [5.41, 5.74) is 31.7. The van der Waals surface area contributed by atoms with Crippen LogP contribution in [0.4, 0.5) is 115 Å². The SMILES string of the molecule is CC(C)(C)c1nc(-c2ccnc(N)n2)c(-c2ccc(F)c(NC(=O)Nc3ccc(Cl)c(Cl)c3)c2)s1.CC(C)(C)c1nc(-c2ccnc(N)n2)c(-c2ccc(F)c(NC(=O)Nc3ccc(Cl)cc3F)c2)s1.CC(C)(C)c1nc(-c2ccnc(N)n2)c(-c2ccc(F)c(NC(=O)Nc3ccc(F)cc3)c2)s1.Cc1cccc(NC(=O)Nc2cc(-c3sc(C(C)(C)C)nc3-c3ccnc(N)n3)ccc2F)c1. The fourth-order valence-corrected chi connectivity index (χ4v) is 17.6. The summed E-state index contributed by atoms with van der Waals surface area (Å²) in [5, 5.41) is 24.6. The highest BCUT2D eigenvalue weighted by molar-refractivity contribution is 7.17. The minimum Gasteiger partial charge on any atom is -0.368 e. The molecule has 8 amide bonds. The van der Waals surface area contributed by atoms with Gasteiger partial charge in [0.2, 0.25) is 23.8 Å². The third-order valence-corrected chi connectivity index (χ3v) is 26.5. The zero-order chi connectivity index (χ0) is 99.6. The molecule has 41 heteroatoms. The predicted octanol–water partition coefficient (Wildman–Crippen LogP) is 26.3. The molecule has 138 heavy (non-hydrogen) atoms. The Morgan fingerprint density at radius 3 is 0.891 bits per heavy atom. The number of halogens is 9. The van der Waals surface area contributed by atoms with Crippen molar-refractivity contribution < 1.29 is 45.5 Å². The molecule has 28 nitrogen and oxygen atoms in total. The summed E-state index contributed by atoms with van der Waals surface area (Å²) in [7, 11) is 0. The molecule has 8 aromatic carbocycles. The van der Waals surface area contributed by atoms with Crippen molar-refractivity contribution in [2.24, 2.45) is 0 Å². The first kappa shape index (κ1) is 101. The summed E-state index contributed by atoms with van der Waals surface area (Å²) in [6.45, 7) is 26.5. The molecule has 0 aliphatic carbocycles. The summed E-state index contributed by atoms with van der Waals surface area (Å²) in [6, 6.07) is 43.1. The van der Waals surface area contributed by atoms with Crippen LogP contribution in [0.2, 0.25) is 15.1 Å². The minimum absolute atomic E-state index is 0.000999. The molecule has 0 saturated carbocycles. The van der Waals surface area contributed by atoms with E-state index in [4.69, 9.17) is 77.7 Å². The van der Waals surface area contributed by atoms with E-state index in [1.165, 1.54) is 130 Å². The van der Waals surface area contributed by atoms with Crippen LogP contribution in [0.1, 0.15) is 109 Å². The zero-order valence-corrected chi connectivity index (χ0v) is 81.5. The number of hydrogen-bond donors (Lipinski definition) is 12. The van der Waals surface area contributed by atoms with Crippen LogP contribution in [-0.2, 0) is 21.7 Å². The van der Waals surface area contributed by atoms with Crippen molar-refractivity contribution in [1.82, 2.24) is 59.8 Å². The molecule has 16 aromatic rings. The van der Waals surface area contributed by atoms with Gasteiger partial charge in [0.05, 0.1) is 101 Å². The number of nitrogens with zero attached hydrogens (tertiary/aromatic N) is 12. The molecule has 0 bridgehead atoms. The highest BCUT2D eigenvalue weighted by atomic mass is 35.5. The summed E-state index contributed by atoms with van der Waals surface area (Å²) in [5.74, 6) is -3.05. The van der Waals surface area contributed by atoms with Gasteiger partial charge in [0.25, 0.3) is 0 Å². The number of hydrogen-bond acceptors (Lipinski definition) is 24. The van der Waals surface area contributed by atoms with Gasteiger partial charge in [0.15, 0.2) is 0 Å². The van der Waals surface area contributed by atoms with Crippen LogP contribution >= 0.6 is 80.1 Å². The number of nitrogen functional groups attached to an aromatic ring is 4. The summed E-state index contributed by atoms with van der Waals surface area (Å²) in [4.78, 5) is 105. The standard InChI is InChI=1S/C25H25FN6OS.C24H21Cl2FN6OS.C24H21ClF2N6OS.C24H22F2N6OS/c1-14-6-5-7-16(12-14)29-24(33)31-19-13-15(8-9-17(19)26)21-20(18-10-11-28-23(27)30-18)32-22(34-21)25(2,3)4;1-24(2,3)21-33-19(17-8-9-29-22(28)31-17)20(35-21)12-4-7-16(27)18(10-12)32-23(34)30-13-5-6-14(25)15(26)11-13;1-24(2,3)21-33-19(17-8-9-29-22(28)30-17)20(35-21)12-4-6-14(26)18(10-12)32-23(34)31-16-7-5-13(25)11-15(16)27;1-24(2,3)21-32-19(17-10-11-28-22(27)30-17)20(34-21)13-4-9-16(26)18(12-13)31-23(33)29-15-7-5-14(25)6-8-15/h5-13H,1-4H3,(H2,27,28,30)(H2,29,31,33);4-11H,1-3H3,(H2,28,29,31)(H2,30,32,34);4-11H,1-3H3,(H2,28,29,30)(H2,31,32,34);4-12H,1-3H3,(H2,27,28,30)(H2,29,31,33). The van der Waals surface area contributed by atoms with Crippen molar-refractivity contribution >= 4 is 174 Å². The topological polar surface area (TPSA) is 423 Å². The fraction of sp³-hybridized carbons (Fsp3) is 0.175. The number of aromatic nitrogens is 12. The van der Waals surface area contributed by atoms with Gasteiger partial charge in [-0.3, -0.25) is 0 Å². The Kier molecular flexibility index (Phi) is 31.2. The number of anilines is 12. The van der Waals surface area contributed by atoms with Gasteiger partial charge < -0.3 is 65.5 Å². The zero-order valence-electron chi connectivity index (χ0n) is 76.0. The van der Waals surface area contributed by atoms with Crippen LogP contribution in [0.25, 0.3) is 87.3 Å². The highest BCUT2D eigenvalue weighted by Gasteiger charge is 2.31. The van der Waals surface area contributed by atoms with Gasteiger partial charge >= 0.3 is 24.1 Å². The van der Waals surface area contributed by atoms with Gasteiger partial charge in [0, 0.05) is 68.5 Å². The van der Waals surface area contributed by atoms with Crippen molar-refractivity contribution in [3.05, 3.63) is 282 Å². The molecule has 16 rings (SSSR count). The average Bonchev–Trinajstić information content (AvgIpc) is 1.65. The third-order valence-electron chi connectivity index (χ3n) is 19.4. The second-order valence-electron chi connectivity index (χ2n) is 34.7. The van der Waals surface area contributed by atoms with E-state index >= 15 is 0 Å². The van der Waals surface area contributed by atoms with Crippen molar-refractivity contribution in [2.45, 2.75) is 112 Å². The molecular formula is C97H89Cl3F6N24O4S4. The molecule has 16 N–H and O–H groups in total. The lowest BCUT2D eigenvalue weighted by molar-refractivity contribution is 0.261. The Labute approximate surface area is 819 Å². The van der Waals surface area contributed by atoms with Crippen molar-refractivity contribution in [1.29, 1.82) is 0 Å². The minimum atomic E-state index is -0.814. The lowest BCUT2D eigenvalue weighted by Gasteiger charge is -2.13. The number of aryl methyl sites for hydroxylation is 1. The van der Waals surface area contributed by atoms with E-state index in [9.17, 15) is 45.5 Å². The second-order valence-corrected chi connectivity index (χ2v) is 40.0. The number of nitrogens with one attached hydrogen (secondary N) is 8. The smallest absolute Gasteiger partial charge is 0.323 e. The molecule has 8 heterocycles. The van der Waals surface area contributed by atoms with Gasteiger partial charge in [-0.15, -0.1) is 45.3 Å². The van der Waals surface area contributed by atoms with Gasteiger partial charge in [-0.25, -0.2) is 105 Å². The van der Waals surface area contributed by atoms with E-state index in [1.54, 1.807) is 97.5 Å². The molecule has 0 saturated heterocycles. The number of amides is 8. The van der Waals surface area contributed by atoms with Gasteiger partial charge in [-0.05, 0) is 180 Å². The number of benzene rings is 8. The Bertz CT molecular complexity index is 7250. The quantitative estimate of drug-likeness (QED) is 0.0400.